The van der Waals surface area contributed by atoms with E-state index in [4.69, 9.17) is 0 Å². The fraction of sp³-hybridized carbons (Fsp3) is 0.867. The summed E-state index contributed by atoms with van der Waals surface area (Å²) in [5.74, 6) is 2.25. The zero-order valence-electron chi connectivity index (χ0n) is 13.5. The highest BCUT2D eigenvalue weighted by Crippen LogP contribution is 1.56. The summed E-state index contributed by atoms with van der Waals surface area (Å²) in [5, 5.41) is 0. The summed E-state index contributed by atoms with van der Waals surface area (Å²) in [4.78, 5) is 0. The molecule has 0 aliphatic carbocycles. The van der Waals surface area contributed by atoms with Gasteiger partial charge in [0.2, 0.25) is 0 Å². The molecule has 0 fully saturated rings. The van der Waals surface area contributed by atoms with Crippen molar-refractivity contribution in [2.75, 3.05) is 0 Å². The lowest BCUT2D eigenvalue weighted by Crippen LogP contribution is -1.27. The maximum atomic E-state index is 4.60. The topological polar surface area (TPSA) is 0 Å². The largest absolute Gasteiger partial charge is 0.120 e. The second-order valence-corrected chi connectivity index (χ2v) is 1.70. The highest BCUT2D eigenvalue weighted by atomic mass is 13.4. The summed E-state index contributed by atoms with van der Waals surface area (Å²) in [6.45, 7) is 22.2. The fourth-order valence-electron chi connectivity index (χ4n) is 0. The molecule has 0 aliphatic heterocycles. The van der Waals surface area contributed by atoms with Gasteiger partial charge in [0.1, 0.15) is 0 Å². The Hall–Kier alpha value is -0.440. The SMILES string of the molecule is C#CC.CC.CC.CC.CCC.CCC. The van der Waals surface area contributed by atoms with Gasteiger partial charge in [-0.2, -0.15) is 0 Å². The quantitative estimate of drug-likeness (QED) is 0.404. The van der Waals surface area contributed by atoms with Gasteiger partial charge in [0.05, 0.1) is 0 Å². The van der Waals surface area contributed by atoms with E-state index in [1.165, 1.54) is 12.8 Å². The van der Waals surface area contributed by atoms with Crippen molar-refractivity contribution in [3.8, 4) is 12.3 Å². The van der Waals surface area contributed by atoms with Crippen LogP contribution in [0.1, 0.15) is 89.0 Å². The molecule has 15 heavy (non-hydrogen) atoms. The first-order valence-electron chi connectivity index (χ1n) is 6.62. The number of terminal acetylenes is 1. The van der Waals surface area contributed by atoms with Gasteiger partial charge in [-0.25, -0.2) is 0 Å². The molecule has 0 aromatic heterocycles. The highest BCUT2D eigenvalue weighted by molar-refractivity contribution is 4.73. The van der Waals surface area contributed by atoms with Gasteiger partial charge in [-0.05, 0) is 6.92 Å². The molecular formula is C15H38. The molecule has 0 aromatic rings. The van der Waals surface area contributed by atoms with E-state index in [0.717, 1.165) is 0 Å². The average Bonchev–Trinajstić information content (AvgIpc) is 2.29. The van der Waals surface area contributed by atoms with Gasteiger partial charge in [0.15, 0.2) is 0 Å². The van der Waals surface area contributed by atoms with Crippen LogP contribution in [-0.2, 0) is 0 Å². The Kier molecular flexibility index (Phi) is 795. The van der Waals surface area contributed by atoms with Crippen LogP contribution in [0.2, 0.25) is 0 Å². The van der Waals surface area contributed by atoms with Crippen LogP contribution in [-0.4, -0.2) is 0 Å². The predicted octanol–water partition coefficient (Wildman–Crippen LogP) is 6.55. The van der Waals surface area contributed by atoms with E-state index in [-0.39, 0.29) is 0 Å². The first kappa shape index (κ1) is 36.5. The third-order valence-electron chi connectivity index (χ3n) is 0. The zero-order chi connectivity index (χ0) is 14.1. The van der Waals surface area contributed by atoms with Crippen LogP contribution in [0.25, 0.3) is 0 Å². The van der Waals surface area contributed by atoms with Crippen molar-refractivity contribution in [1.29, 1.82) is 0 Å². The first-order chi connectivity index (χ1) is 7.24. The van der Waals surface area contributed by atoms with Gasteiger partial charge in [-0.1, -0.05) is 82.1 Å². The summed E-state index contributed by atoms with van der Waals surface area (Å²) in [6, 6.07) is 0. The van der Waals surface area contributed by atoms with Gasteiger partial charge in [0, 0.05) is 0 Å². The lowest BCUT2D eigenvalue weighted by Gasteiger charge is -1.48. The van der Waals surface area contributed by atoms with E-state index in [2.05, 4.69) is 40.0 Å². The van der Waals surface area contributed by atoms with Crippen LogP contribution in [0.3, 0.4) is 0 Å². The highest BCUT2D eigenvalue weighted by Gasteiger charge is 1.36. The standard InChI is InChI=1S/2C3H8.C3H4.3C2H6/c3*1-3-2;3*1-2/h2*3H2,1-2H3;1H,2H3;3*1-2H3. The summed E-state index contributed by atoms with van der Waals surface area (Å²) >= 11 is 0. The van der Waals surface area contributed by atoms with E-state index in [0.29, 0.717) is 0 Å². The molecule has 0 bridgehead atoms. The van der Waals surface area contributed by atoms with Crippen molar-refractivity contribution in [3.05, 3.63) is 0 Å². The molecule has 0 heteroatoms. The molecule has 0 rings (SSSR count). The normalized spacial score (nSPS) is 4.13. The van der Waals surface area contributed by atoms with Crippen LogP contribution in [0.5, 0.6) is 0 Å². The average molecular weight is 218 g/mol. The molecule has 0 heterocycles. The molecule has 0 aromatic carbocycles. The zero-order valence-corrected chi connectivity index (χ0v) is 13.5. The van der Waals surface area contributed by atoms with E-state index >= 15 is 0 Å². The predicted molar refractivity (Wildman–Crippen MR) is 80.5 cm³/mol. The smallest absolute Gasteiger partial charge is 0.00297 e. The third-order valence-corrected chi connectivity index (χ3v) is 0. The Labute approximate surface area is 102 Å². The summed E-state index contributed by atoms with van der Waals surface area (Å²) in [6.07, 6.45) is 7.10. The van der Waals surface area contributed by atoms with E-state index < -0.39 is 0 Å². The molecule has 0 amide bonds. The van der Waals surface area contributed by atoms with Crippen LogP contribution >= 0.6 is 0 Å². The molecular weight excluding hydrogens is 180 g/mol. The molecule has 0 saturated heterocycles. The Balaban J connectivity index is -0.0000000164. The van der Waals surface area contributed by atoms with Crippen LogP contribution < -0.4 is 0 Å². The maximum absolute atomic E-state index is 4.60. The lowest BCUT2D eigenvalue weighted by molar-refractivity contribution is 1.09. The van der Waals surface area contributed by atoms with Crippen LogP contribution in [0, 0.1) is 12.3 Å². The fourth-order valence-corrected chi connectivity index (χ4v) is 0. The molecule has 98 valence electrons. The second-order valence-electron chi connectivity index (χ2n) is 1.70. The number of hydrogen-bond donors (Lipinski definition) is 0. The molecule has 0 unspecified atom stereocenters. The molecule has 0 saturated carbocycles. The van der Waals surface area contributed by atoms with Crippen molar-refractivity contribution >= 4 is 0 Å². The third kappa shape index (κ3) is 9360. The summed E-state index contributed by atoms with van der Waals surface area (Å²) in [5.41, 5.74) is 0. The van der Waals surface area contributed by atoms with E-state index in [1.54, 1.807) is 6.92 Å². The maximum Gasteiger partial charge on any atom is -0.00297 e. The van der Waals surface area contributed by atoms with Crippen molar-refractivity contribution < 1.29 is 0 Å². The van der Waals surface area contributed by atoms with Gasteiger partial charge < -0.3 is 0 Å². The lowest BCUT2D eigenvalue weighted by atomic mass is 10.6. The van der Waals surface area contributed by atoms with Crippen LogP contribution in [0.15, 0.2) is 0 Å². The molecule has 0 radical (unpaired) electrons. The van der Waals surface area contributed by atoms with Gasteiger partial charge >= 0.3 is 0 Å². The monoisotopic (exact) mass is 218 g/mol. The minimum atomic E-state index is 1.25. The number of rotatable bonds is 0. The van der Waals surface area contributed by atoms with Crippen LogP contribution in [0.4, 0.5) is 0 Å². The van der Waals surface area contributed by atoms with Crippen molar-refractivity contribution in [1.82, 2.24) is 0 Å². The molecule has 0 nitrogen and oxygen atoms in total. The molecule has 0 aliphatic rings. The molecule has 0 N–H and O–H groups in total. The van der Waals surface area contributed by atoms with Crippen molar-refractivity contribution in [2.24, 2.45) is 0 Å². The second kappa shape index (κ2) is 326. The minimum Gasteiger partial charge on any atom is -0.120 e. The number of hydrogen-bond acceptors (Lipinski definition) is 0. The Morgan fingerprint density at radius 3 is 0.667 bits per heavy atom. The van der Waals surface area contributed by atoms with E-state index in [1.807, 2.05) is 41.5 Å². The summed E-state index contributed by atoms with van der Waals surface area (Å²) < 4.78 is 0. The molecule has 0 spiro atoms. The van der Waals surface area contributed by atoms with Crippen molar-refractivity contribution in [2.45, 2.75) is 89.0 Å². The Bertz CT molecular complexity index is 36.5. The molecule has 0 atom stereocenters. The van der Waals surface area contributed by atoms with Gasteiger partial charge in [-0.3, -0.25) is 0 Å². The van der Waals surface area contributed by atoms with E-state index in [9.17, 15) is 0 Å². The van der Waals surface area contributed by atoms with Gasteiger partial charge in [-0.15, -0.1) is 12.3 Å². The summed E-state index contributed by atoms with van der Waals surface area (Å²) in [7, 11) is 0. The Morgan fingerprint density at radius 1 is 0.667 bits per heavy atom. The van der Waals surface area contributed by atoms with Gasteiger partial charge in [0.25, 0.3) is 0 Å². The van der Waals surface area contributed by atoms with Crippen molar-refractivity contribution in [3.63, 3.8) is 0 Å². The minimum absolute atomic E-state index is 1.25. The first-order valence-corrected chi connectivity index (χ1v) is 6.62. The Morgan fingerprint density at radius 2 is 0.667 bits per heavy atom.